The summed E-state index contributed by atoms with van der Waals surface area (Å²) in [6.07, 6.45) is 0. The summed E-state index contributed by atoms with van der Waals surface area (Å²) >= 11 is 0. The number of ether oxygens (including phenoxy) is 1. The van der Waals surface area contributed by atoms with E-state index in [0.717, 1.165) is 11.4 Å². The van der Waals surface area contributed by atoms with Crippen LogP contribution in [0.4, 0.5) is 0 Å². The van der Waals surface area contributed by atoms with Gasteiger partial charge in [0.1, 0.15) is 5.76 Å². The van der Waals surface area contributed by atoms with E-state index >= 15 is 0 Å². The minimum Gasteiger partial charge on any atom is -0.375 e. The van der Waals surface area contributed by atoms with Crippen LogP contribution in [0.3, 0.4) is 0 Å². The van der Waals surface area contributed by atoms with Crippen molar-refractivity contribution in [2.45, 2.75) is 27.0 Å². The number of hydrogen-bond acceptors (Lipinski definition) is 6. The lowest BCUT2D eigenvalue weighted by Gasteiger charge is -2.14. The van der Waals surface area contributed by atoms with E-state index in [1.54, 1.807) is 13.0 Å². The molecule has 0 saturated heterocycles. The van der Waals surface area contributed by atoms with Gasteiger partial charge in [0.15, 0.2) is 5.69 Å². The Morgan fingerprint density at radius 1 is 1.52 bits per heavy atom. The highest BCUT2D eigenvalue weighted by Crippen LogP contribution is 2.14. The van der Waals surface area contributed by atoms with Crippen molar-refractivity contribution >= 4 is 5.91 Å². The number of amides is 1. The minimum atomic E-state index is -0.244. The normalized spacial score (nSPS) is 18.1. The van der Waals surface area contributed by atoms with Crippen molar-refractivity contribution in [3.05, 3.63) is 28.9 Å². The van der Waals surface area contributed by atoms with E-state index < -0.39 is 0 Å². The molecule has 2 aromatic heterocycles. The number of fused-ring (bicyclic) bond motifs is 1. The molecule has 8 heteroatoms. The van der Waals surface area contributed by atoms with Gasteiger partial charge in [-0.15, -0.1) is 5.10 Å². The second-order valence-corrected chi connectivity index (χ2v) is 5.22. The number of aryl methyl sites for hydroxylation is 2. The van der Waals surface area contributed by atoms with Gasteiger partial charge in [0.25, 0.3) is 5.91 Å². The van der Waals surface area contributed by atoms with Gasteiger partial charge in [-0.2, -0.15) is 0 Å². The Morgan fingerprint density at radius 2 is 2.38 bits per heavy atom. The second-order valence-electron chi connectivity index (χ2n) is 5.22. The van der Waals surface area contributed by atoms with Crippen molar-refractivity contribution < 1.29 is 14.1 Å². The highest BCUT2D eigenvalue weighted by atomic mass is 16.5. The number of carbonyl (C=O) groups is 1. The van der Waals surface area contributed by atoms with Gasteiger partial charge in [0, 0.05) is 25.1 Å². The first-order valence-electron chi connectivity index (χ1n) is 6.81. The summed E-state index contributed by atoms with van der Waals surface area (Å²) in [5.41, 5.74) is 2.17. The molecule has 0 fully saturated rings. The number of nitrogens with one attached hydrogen (secondary N) is 1. The third-order valence-corrected chi connectivity index (χ3v) is 3.47. The number of nitrogens with zero attached hydrogens (tertiary/aromatic N) is 4. The van der Waals surface area contributed by atoms with Gasteiger partial charge in [-0.25, -0.2) is 4.68 Å². The Bertz CT molecular complexity index is 648. The summed E-state index contributed by atoms with van der Waals surface area (Å²) in [7, 11) is 0. The maximum atomic E-state index is 11.9. The van der Waals surface area contributed by atoms with E-state index in [1.165, 1.54) is 0 Å². The first-order chi connectivity index (χ1) is 10.1. The highest BCUT2D eigenvalue weighted by Gasteiger charge is 2.21. The quantitative estimate of drug-likeness (QED) is 0.882. The smallest absolute Gasteiger partial charge is 0.273 e. The fraction of sp³-hybridized carbons (Fsp3) is 0.538. The van der Waals surface area contributed by atoms with E-state index in [2.05, 4.69) is 20.8 Å². The average molecular weight is 291 g/mol. The summed E-state index contributed by atoms with van der Waals surface area (Å²) in [6, 6.07) is 1.61. The number of rotatable bonds is 3. The van der Waals surface area contributed by atoms with Crippen molar-refractivity contribution in [2.75, 3.05) is 13.2 Å². The topological polar surface area (TPSA) is 95.1 Å². The van der Waals surface area contributed by atoms with Gasteiger partial charge >= 0.3 is 0 Å². The van der Waals surface area contributed by atoms with Gasteiger partial charge in [-0.3, -0.25) is 4.79 Å². The standard InChI is InChI=1S/C13H17N5O3/c1-8-3-11(16-21-8)13(19)14-4-10-5-18-12(7-20-6-10)9(2)15-17-18/h3,10H,4-7H2,1-2H3,(H,14,19)/t10-/m0/s1. The highest BCUT2D eigenvalue weighted by molar-refractivity contribution is 5.92. The van der Waals surface area contributed by atoms with Crippen LogP contribution in [0.15, 0.2) is 10.6 Å². The van der Waals surface area contributed by atoms with Gasteiger partial charge in [-0.05, 0) is 13.8 Å². The molecule has 0 bridgehead atoms. The van der Waals surface area contributed by atoms with Crippen LogP contribution in [0, 0.1) is 19.8 Å². The summed E-state index contributed by atoms with van der Waals surface area (Å²) in [6.45, 7) is 5.90. The van der Waals surface area contributed by atoms with Gasteiger partial charge in [0.2, 0.25) is 0 Å². The molecule has 1 aliphatic rings. The zero-order chi connectivity index (χ0) is 14.8. The molecule has 1 amide bonds. The molecule has 21 heavy (non-hydrogen) atoms. The number of carbonyl (C=O) groups excluding carboxylic acids is 1. The molecule has 3 rings (SSSR count). The molecule has 1 N–H and O–H groups in total. The maximum absolute atomic E-state index is 11.9. The van der Waals surface area contributed by atoms with Gasteiger partial charge < -0.3 is 14.6 Å². The lowest BCUT2D eigenvalue weighted by molar-refractivity contribution is 0.0845. The number of hydrogen-bond donors (Lipinski definition) is 1. The van der Waals surface area contributed by atoms with Crippen LogP contribution in [0.2, 0.25) is 0 Å². The van der Waals surface area contributed by atoms with Crippen molar-refractivity contribution in [1.29, 1.82) is 0 Å². The first-order valence-corrected chi connectivity index (χ1v) is 6.81. The van der Waals surface area contributed by atoms with E-state index in [9.17, 15) is 4.79 Å². The van der Waals surface area contributed by atoms with Crippen LogP contribution in [0.1, 0.15) is 27.6 Å². The molecule has 0 aromatic carbocycles. The zero-order valence-corrected chi connectivity index (χ0v) is 12.0. The average Bonchev–Trinajstić information content (AvgIpc) is 2.97. The lowest BCUT2D eigenvalue weighted by Crippen LogP contribution is -2.33. The van der Waals surface area contributed by atoms with Crippen molar-refractivity contribution in [2.24, 2.45) is 5.92 Å². The third kappa shape index (κ3) is 2.94. The molecule has 2 aromatic rings. The minimum absolute atomic E-state index is 0.143. The van der Waals surface area contributed by atoms with Crippen LogP contribution >= 0.6 is 0 Å². The van der Waals surface area contributed by atoms with Crippen LogP contribution in [-0.2, 0) is 17.9 Å². The molecule has 1 aliphatic heterocycles. The first kappa shape index (κ1) is 13.7. The molecule has 0 saturated carbocycles. The molecule has 0 unspecified atom stereocenters. The number of aromatic nitrogens is 4. The maximum Gasteiger partial charge on any atom is 0.273 e. The van der Waals surface area contributed by atoms with Crippen molar-refractivity contribution in [1.82, 2.24) is 25.5 Å². The zero-order valence-electron chi connectivity index (χ0n) is 12.0. The van der Waals surface area contributed by atoms with E-state index in [4.69, 9.17) is 9.26 Å². The molecule has 112 valence electrons. The monoisotopic (exact) mass is 291 g/mol. The second kappa shape index (κ2) is 5.65. The van der Waals surface area contributed by atoms with E-state index in [-0.39, 0.29) is 11.8 Å². The Labute approximate surface area is 121 Å². The van der Waals surface area contributed by atoms with Crippen LogP contribution in [-0.4, -0.2) is 39.2 Å². The Hall–Kier alpha value is -2.22. The van der Waals surface area contributed by atoms with Crippen LogP contribution in [0.5, 0.6) is 0 Å². The Kier molecular flexibility index (Phi) is 3.70. The predicted molar refractivity (Wildman–Crippen MR) is 71.5 cm³/mol. The van der Waals surface area contributed by atoms with E-state index in [0.29, 0.717) is 37.8 Å². The van der Waals surface area contributed by atoms with Crippen molar-refractivity contribution in [3.63, 3.8) is 0 Å². The Morgan fingerprint density at radius 3 is 3.14 bits per heavy atom. The molecule has 3 heterocycles. The van der Waals surface area contributed by atoms with Gasteiger partial charge in [0.05, 0.1) is 24.6 Å². The summed E-state index contributed by atoms with van der Waals surface area (Å²) in [5.74, 6) is 0.510. The third-order valence-electron chi connectivity index (χ3n) is 3.47. The largest absolute Gasteiger partial charge is 0.375 e. The molecular formula is C13H17N5O3. The summed E-state index contributed by atoms with van der Waals surface area (Å²) in [5, 5.41) is 14.7. The fourth-order valence-electron chi connectivity index (χ4n) is 2.29. The van der Waals surface area contributed by atoms with Crippen LogP contribution in [0.25, 0.3) is 0 Å². The van der Waals surface area contributed by atoms with Crippen molar-refractivity contribution in [3.8, 4) is 0 Å². The molecule has 0 radical (unpaired) electrons. The SMILES string of the molecule is Cc1cc(C(=O)NC[C@@H]2COCc3c(C)nnn3C2)no1. The molecule has 0 spiro atoms. The summed E-state index contributed by atoms with van der Waals surface area (Å²) in [4.78, 5) is 11.9. The lowest BCUT2D eigenvalue weighted by atomic mass is 10.1. The Balaban J connectivity index is 1.59. The fourth-order valence-corrected chi connectivity index (χ4v) is 2.29. The van der Waals surface area contributed by atoms with Gasteiger partial charge in [-0.1, -0.05) is 10.4 Å². The molecule has 0 aliphatic carbocycles. The van der Waals surface area contributed by atoms with Crippen LogP contribution < -0.4 is 5.32 Å². The summed E-state index contributed by atoms with van der Waals surface area (Å²) < 4.78 is 12.4. The predicted octanol–water partition coefficient (Wildman–Crippen LogP) is 0.459. The molecular weight excluding hydrogens is 274 g/mol. The van der Waals surface area contributed by atoms with E-state index in [1.807, 2.05) is 11.6 Å². The molecule has 8 nitrogen and oxygen atoms in total. The molecule has 1 atom stereocenters.